The molecule has 0 amide bonds. The number of halogens is 2. The molecular formula is C21H21F2N7O. The molecule has 3 N–H and O–H groups in total. The molecule has 0 saturated heterocycles. The molecule has 4 rings (SSSR count). The molecule has 10 heteroatoms. The van der Waals surface area contributed by atoms with Crippen LogP contribution in [0, 0.1) is 11.6 Å². The van der Waals surface area contributed by atoms with Crippen LogP contribution in [-0.4, -0.2) is 41.8 Å². The summed E-state index contributed by atoms with van der Waals surface area (Å²) in [6, 6.07) is 6.10. The molecule has 0 spiro atoms. The first kappa shape index (κ1) is 20.8. The van der Waals surface area contributed by atoms with Crippen molar-refractivity contribution in [1.82, 2.24) is 29.9 Å². The van der Waals surface area contributed by atoms with Crippen LogP contribution in [0.25, 0.3) is 17.0 Å². The molecular weight excluding hydrogens is 404 g/mol. The van der Waals surface area contributed by atoms with Crippen LogP contribution < -0.4 is 10.6 Å². The summed E-state index contributed by atoms with van der Waals surface area (Å²) in [4.78, 5) is 12.3. The molecule has 0 saturated carbocycles. The second-order valence-corrected chi connectivity index (χ2v) is 7.68. The summed E-state index contributed by atoms with van der Waals surface area (Å²) in [5.74, 6) is -0.403. The van der Waals surface area contributed by atoms with E-state index in [0.29, 0.717) is 30.1 Å². The fourth-order valence-electron chi connectivity index (χ4n) is 3.04. The Balaban J connectivity index is 1.77. The van der Waals surface area contributed by atoms with Crippen molar-refractivity contribution < 1.29 is 13.9 Å². The van der Waals surface area contributed by atoms with Gasteiger partial charge in [-0.05, 0) is 43.7 Å². The van der Waals surface area contributed by atoms with Gasteiger partial charge in [-0.2, -0.15) is 0 Å². The molecule has 4 aromatic heterocycles. The van der Waals surface area contributed by atoms with Gasteiger partial charge in [0.25, 0.3) is 0 Å². The first-order chi connectivity index (χ1) is 14.8. The second-order valence-electron chi connectivity index (χ2n) is 7.68. The van der Waals surface area contributed by atoms with E-state index in [-0.39, 0.29) is 11.5 Å². The summed E-state index contributed by atoms with van der Waals surface area (Å²) in [6.45, 7) is 4.24. The van der Waals surface area contributed by atoms with E-state index in [9.17, 15) is 13.9 Å². The maximum atomic E-state index is 14.2. The molecule has 31 heavy (non-hydrogen) atoms. The van der Waals surface area contributed by atoms with E-state index in [2.05, 4.69) is 30.7 Å². The van der Waals surface area contributed by atoms with Gasteiger partial charge in [0.2, 0.25) is 5.82 Å². The highest BCUT2D eigenvalue weighted by Gasteiger charge is 2.17. The summed E-state index contributed by atoms with van der Waals surface area (Å²) in [5.41, 5.74) is 1.18. The molecule has 0 atom stereocenters. The third-order valence-electron chi connectivity index (χ3n) is 4.45. The number of pyridine rings is 2. The van der Waals surface area contributed by atoms with Gasteiger partial charge in [0.05, 0.1) is 23.7 Å². The third kappa shape index (κ3) is 4.81. The van der Waals surface area contributed by atoms with Gasteiger partial charge >= 0.3 is 0 Å². The van der Waals surface area contributed by atoms with Gasteiger partial charge in [0, 0.05) is 25.5 Å². The summed E-state index contributed by atoms with van der Waals surface area (Å²) in [7, 11) is 0. The summed E-state index contributed by atoms with van der Waals surface area (Å²) in [6.07, 6.45) is 5.41. The maximum Gasteiger partial charge on any atom is 0.200 e. The molecule has 0 aromatic carbocycles. The fourth-order valence-corrected chi connectivity index (χ4v) is 3.04. The predicted molar refractivity (Wildman–Crippen MR) is 112 cm³/mol. The highest BCUT2D eigenvalue weighted by Crippen LogP contribution is 2.27. The predicted octanol–water partition coefficient (Wildman–Crippen LogP) is 3.07. The van der Waals surface area contributed by atoms with Crippen molar-refractivity contribution in [3.05, 3.63) is 66.3 Å². The quantitative estimate of drug-likeness (QED) is 0.418. The molecule has 0 radical (unpaired) electrons. The standard InChI is InChI=1S/C21H21F2N7O/c1-21(2,31)12-25-9-13-6-8-30-18(13)20(27-16-5-7-24-11-15(16)23)28-19(29-30)17-4-3-14(22)10-26-17/h3-8,10-11,25,31H,9,12H2,1-2H3,(H,24,27,28,29). The Morgan fingerprint density at radius 1 is 1.13 bits per heavy atom. The zero-order valence-corrected chi connectivity index (χ0v) is 17.0. The van der Waals surface area contributed by atoms with Crippen molar-refractivity contribution in [1.29, 1.82) is 0 Å². The minimum Gasteiger partial charge on any atom is -0.389 e. The number of aromatic nitrogens is 5. The molecule has 0 aliphatic heterocycles. The van der Waals surface area contributed by atoms with Gasteiger partial charge in [-0.3, -0.25) is 4.98 Å². The van der Waals surface area contributed by atoms with E-state index >= 15 is 0 Å². The van der Waals surface area contributed by atoms with Crippen LogP contribution in [0.4, 0.5) is 20.3 Å². The van der Waals surface area contributed by atoms with Crippen LogP contribution in [0.5, 0.6) is 0 Å². The zero-order chi connectivity index (χ0) is 22.0. The summed E-state index contributed by atoms with van der Waals surface area (Å²) < 4.78 is 29.1. The van der Waals surface area contributed by atoms with Crippen LogP contribution in [0.15, 0.2) is 49.1 Å². The molecule has 0 fully saturated rings. The normalized spacial score (nSPS) is 11.8. The molecule has 160 valence electrons. The Hall–Kier alpha value is -3.50. The van der Waals surface area contributed by atoms with Crippen molar-refractivity contribution in [3.8, 4) is 11.5 Å². The first-order valence-corrected chi connectivity index (χ1v) is 9.60. The zero-order valence-electron chi connectivity index (χ0n) is 17.0. The smallest absolute Gasteiger partial charge is 0.200 e. The Morgan fingerprint density at radius 2 is 1.97 bits per heavy atom. The van der Waals surface area contributed by atoms with E-state index in [1.165, 1.54) is 24.4 Å². The van der Waals surface area contributed by atoms with E-state index in [1.807, 2.05) is 6.07 Å². The van der Waals surface area contributed by atoms with E-state index in [4.69, 9.17) is 0 Å². The lowest BCUT2D eigenvalue weighted by Gasteiger charge is -2.17. The number of aliphatic hydroxyl groups is 1. The monoisotopic (exact) mass is 425 g/mol. The van der Waals surface area contributed by atoms with Crippen LogP contribution in [0.3, 0.4) is 0 Å². The van der Waals surface area contributed by atoms with Crippen molar-refractivity contribution in [2.24, 2.45) is 0 Å². The van der Waals surface area contributed by atoms with Crippen molar-refractivity contribution >= 4 is 17.0 Å². The Labute approximate surface area is 177 Å². The number of hydrogen-bond acceptors (Lipinski definition) is 7. The molecule has 0 bridgehead atoms. The number of anilines is 2. The van der Waals surface area contributed by atoms with Gasteiger partial charge < -0.3 is 15.7 Å². The number of fused-ring (bicyclic) bond motifs is 1. The van der Waals surface area contributed by atoms with E-state index in [1.54, 1.807) is 24.6 Å². The van der Waals surface area contributed by atoms with Crippen LogP contribution >= 0.6 is 0 Å². The van der Waals surface area contributed by atoms with Gasteiger partial charge in [0.15, 0.2) is 11.6 Å². The number of nitrogens with one attached hydrogen (secondary N) is 2. The van der Waals surface area contributed by atoms with Gasteiger partial charge in [-0.15, -0.1) is 5.10 Å². The van der Waals surface area contributed by atoms with Gasteiger partial charge in [-0.25, -0.2) is 23.3 Å². The average Bonchev–Trinajstić information content (AvgIpc) is 3.12. The molecule has 8 nitrogen and oxygen atoms in total. The lowest BCUT2D eigenvalue weighted by atomic mass is 10.1. The van der Waals surface area contributed by atoms with Crippen molar-refractivity contribution in [2.45, 2.75) is 26.0 Å². The Kier molecular flexibility index (Phi) is 5.57. The topological polar surface area (TPSA) is 100 Å². The van der Waals surface area contributed by atoms with Crippen LogP contribution in [-0.2, 0) is 6.54 Å². The molecule has 0 aliphatic rings. The van der Waals surface area contributed by atoms with Crippen molar-refractivity contribution in [2.75, 3.05) is 11.9 Å². The average molecular weight is 425 g/mol. The van der Waals surface area contributed by atoms with Crippen molar-refractivity contribution in [3.63, 3.8) is 0 Å². The van der Waals surface area contributed by atoms with Gasteiger partial charge in [0.1, 0.15) is 17.0 Å². The Morgan fingerprint density at radius 3 is 2.68 bits per heavy atom. The number of rotatable bonds is 7. The van der Waals surface area contributed by atoms with Crippen LogP contribution in [0.2, 0.25) is 0 Å². The fraction of sp³-hybridized carbons (Fsp3) is 0.238. The minimum absolute atomic E-state index is 0.199. The number of hydrogen-bond donors (Lipinski definition) is 3. The first-order valence-electron chi connectivity index (χ1n) is 9.60. The third-order valence-corrected chi connectivity index (χ3v) is 4.45. The highest BCUT2D eigenvalue weighted by atomic mass is 19.1. The largest absolute Gasteiger partial charge is 0.389 e. The molecule has 4 heterocycles. The molecule has 0 unspecified atom stereocenters. The van der Waals surface area contributed by atoms with Gasteiger partial charge in [-0.1, -0.05) is 0 Å². The van der Waals surface area contributed by atoms with E-state index < -0.39 is 17.2 Å². The minimum atomic E-state index is -0.866. The lowest BCUT2D eigenvalue weighted by molar-refractivity contribution is 0.0795. The highest BCUT2D eigenvalue weighted by molar-refractivity contribution is 5.78. The van der Waals surface area contributed by atoms with Crippen LogP contribution in [0.1, 0.15) is 19.4 Å². The number of nitrogens with zero attached hydrogens (tertiary/aromatic N) is 5. The molecule has 4 aromatic rings. The SMILES string of the molecule is CC(C)(O)CNCc1ccn2nc(-c3ccc(F)cn3)nc(Nc3ccncc3F)c12. The Bertz CT molecular complexity index is 1200. The summed E-state index contributed by atoms with van der Waals surface area (Å²) in [5, 5.41) is 20.6. The second kappa shape index (κ2) is 8.32. The molecule has 0 aliphatic carbocycles. The summed E-state index contributed by atoms with van der Waals surface area (Å²) >= 11 is 0. The lowest BCUT2D eigenvalue weighted by Crippen LogP contribution is -2.34. The maximum absolute atomic E-state index is 14.2. The van der Waals surface area contributed by atoms with E-state index in [0.717, 1.165) is 18.0 Å².